The van der Waals surface area contributed by atoms with Gasteiger partial charge in [-0.3, -0.25) is 49.2 Å². The number of carbonyl (C=O) groups excluding carboxylic acids is 4. The van der Waals surface area contributed by atoms with Crippen molar-refractivity contribution in [3.8, 4) is 33.8 Å². The van der Waals surface area contributed by atoms with E-state index in [0.717, 1.165) is 88.7 Å². The Balaban J connectivity index is 0.000000185. The zero-order valence-electron chi connectivity index (χ0n) is 58.0. The number of halogens is 8. The Morgan fingerprint density at radius 3 is 1.36 bits per heavy atom. The van der Waals surface area contributed by atoms with Crippen LogP contribution >= 0.6 is 11.6 Å². The van der Waals surface area contributed by atoms with Gasteiger partial charge in [-0.2, -0.15) is 0 Å². The summed E-state index contributed by atoms with van der Waals surface area (Å²) in [6.45, 7) is 7.17. The first-order valence-corrected chi connectivity index (χ1v) is 35.8. The summed E-state index contributed by atoms with van der Waals surface area (Å²) in [5.41, 5.74) is 5.04. The number of hydrogen-bond acceptors (Lipinski definition) is 14. The number of likely N-dealkylation sites (tertiary alicyclic amines) is 2. The van der Waals surface area contributed by atoms with Crippen LogP contribution in [0.2, 0.25) is 5.02 Å². The summed E-state index contributed by atoms with van der Waals surface area (Å²) in [4.78, 5) is 81.1. The minimum Gasteiger partial charge on any atom is -0.496 e. The number of aromatic nitrogens is 2. The number of carbonyl (C=O) groups is 4. The van der Waals surface area contributed by atoms with Crippen LogP contribution in [0.15, 0.2) is 125 Å². The van der Waals surface area contributed by atoms with Crippen molar-refractivity contribution in [1.29, 1.82) is 0 Å². The Bertz CT molecular complexity index is 4710. The largest absolute Gasteiger partial charge is 0.573 e. The number of imide groups is 2. The maximum Gasteiger partial charge on any atom is 0.573 e. The lowest BCUT2D eigenvalue weighted by Crippen LogP contribution is -2.47. The fourth-order valence-electron chi connectivity index (χ4n) is 16.1. The lowest BCUT2D eigenvalue weighted by Gasteiger charge is -2.41. The summed E-state index contributed by atoms with van der Waals surface area (Å²) in [5.74, 6) is -0.669. The van der Waals surface area contributed by atoms with Crippen LogP contribution in [-0.2, 0) is 46.4 Å². The van der Waals surface area contributed by atoms with Gasteiger partial charge < -0.3 is 39.0 Å². The molecule has 0 aliphatic carbocycles. The molecule has 6 aliphatic rings. The van der Waals surface area contributed by atoms with Crippen molar-refractivity contribution in [3.63, 3.8) is 0 Å². The highest BCUT2D eigenvalue weighted by Gasteiger charge is 2.37. The van der Waals surface area contributed by atoms with Crippen LogP contribution < -0.4 is 51.7 Å². The number of rotatable bonds is 16. The number of nitrogens with one attached hydrogen (secondary N) is 4. The maximum absolute atomic E-state index is 15.2. The van der Waals surface area contributed by atoms with Gasteiger partial charge in [-0.05, 0) is 227 Å². The van der Waals surface area contributed by atoms with Crippen LogP contribution in [0.3, 0.4) is 0 Å². The van der Waals surface area contributed by atoms with E-state index < -0.39 is 36.0 Å². The first-order valence-electron chi connectivity index (χ1n) is 35.5. The predicted molar refractivity (Wildman–Crippen MR) is 386 cm³/mol. The van der Waals surface area contributed by atoms with E-state index in [4.69, 9.17) is 16.3 Å². The second-order valence-corrected chi connectivity index (χ2v) is 28.7. The summed E-state index contributed by atoms with van der Waals surface area (Å²) in [7, 11) is 4.84. The molecule has 6 fully saturated rings. The fraction of sp³-hybridized carbons (Fsp3) is 0.410. The molecule has 26 heteroatoms. The quantitative estimate of drug-likeness (QED) is 0.0528. The molecule has 2 unspecified atom stereocenters. The van der Waals surface area contributed by atoms with Crippen molar-refractivity contribution < 1.29 is 59.4 Å². The number of benzene rings is 6. The Morgan fingerprint density at radius 1 is 0.490 bits per heavy atom. The summed E-state index contributed by atoms with van der Waals surface area (Å²) >= 11 is 6.91. The third kappa shape index (κ3) is 16.5. The van der Waals surface area contributed by atoms with Gasteiger partial charge in [-0.15, -0.1) is 13.2 Å². The average molecular weight is 1460 g/mol. The monoisotopic (exact) mass is 1450 g/mol. The Hall–Kier alpha value is -9.46. The van der Waals surface area contributed by atoms with Crippen molar-refractivity contribution in [2.75, 3.05) is 79.9 Å². The first-order chi connectivity index (χ1) is 49.9. The molecule has 0 spiro atoms. The van der Waals surface area contributed by atoms with Crippen molar-refractivity contribution in [3.05, 3.63) is 176 Å². The number of methoxy groups -OCH3 is 1. The van der Waals surface area contributed by atoms with Gasteiger partial charge in [0.1, 0.15) is 46.9 Å². The molecule has 8 aromatic rings. The number of aryl methyl sites for hydroxylation is 2. The number of pyridine rings is 2. The van der Waals surface area contributed by atoms with Gasteiger partial charge in [0, 0.05) is 128 Å². The van der Waals surface area contributed by atoms with E-state index in [2.05, 4.69) is 40.7 Å². The number of ether oxygens (including phenoxy) is 2. The van der Waals surface area contributed by atoms with Crippen LogP contribution in [0, 0.1) is 46.9 Å². The third-order valence-electron chi connectivity index (χ3n) is 21.8. The van der Waals surface area contributed by atoms with E-state index in [1.807, 2.05) is 17.0 Å². The van der Waals surface area contributed by atoms with Crippen LogP contribution in [0.25, 0.3) is 43.8 Å². The highest BCUT2D eigenvalue weighted by molar-refractivity contribution is 6.32. The molecule has 0 saturated carbocycles. The highest BCUT2D eigenvalue weighted by atomic mass is 35.5. The summed E-state index contributed by atoms with van der Waals surface area (Å²) in [5, 5.41) is 12.8. The molecule has 2 atom stereocenters. The van der Waals surface area contributed by atoms with Crippen LogP contribution in [-0.4, -0.2) is 120 Å². The number of amides is 4. The normalized spacial score (nSPS) is 19.4. The van der Waals surface area contributed by atoms with E-state index in [0.29, 0.717) is 141 Å². The second-order valence-electron chi connectivity index (χ2n) is 28.3. The lowest BCUT2D eigenvalue weighted by molar-refractivity contribution is -0.275. The van der Waals surface area contributed by atoms with Crippen LogP contribution in [0.5, 0.6) is 11.5 Å². The molecule has 4 N–H and O–H groups in total. The van der Waals surface area contributed by atoms with E-state index in [1.165, 1.54) is 77.0 Å². The third-order valence-corrected chi connectivity index (χ3v) is 22.1. The predicted octanol–water partition coefficient (Wildman–Crippen LogP) is 13.2. The molecular formula is C78H82ClF7N10O8. The molecule has 6 aromatic carbocycles. The Labute approximate surface area is 601 Å². The van der Waals surface area contributed by atoms with Crippen LogP contribution in [0.1, 0.15) is 88.2 Å². The summed E-state index contributed by atoms with van der Waals surface area (Å²) < 4.78 is 113. The molecule has 2 aromatic heterocycles. The zero-order chi connectivity index (χ0) is 73.3. The van der Waals surface area contributed by atoms with E-state index in [9.17, 15) is 50.7 Å². The topological polar surface area (TPSA) is 192 Å². The molecule has 548 valence electrons. The molecule has 6 saturated heterocycles. The summed E-state index contributed by atoms with van der Waals surface area (Å²) in [6, 6.07) is 25.0. The fourth-order valence-corrected chi connectivity index (χ4v) is 16.4. The first kappa shape index (κ1) is 72.9. The van der Waals surface area contributed by atoms with Crippen LogP contribution in [0.4, 0.5) is 53.5 Å². The second kappa shape index (κ2) is 31.1. The molecule has 0 bridgehead atoms. The maximum atomic E-state index is 15.2. The van der Waals surface area contributed by atoms with Gasteiger partial charge in [0.15, 0.2) is 0 Å². The van der Waals surface area contributed by atoms with Gasteiger partial charge in [-0.1, -0.05) is 23.7 Å². The SMILES string of the molecule is COc1cc(-c2cn(C)c(=O)c3ccc(F)cc23)cc(Cl)c1CN1CCC(C2CCN(c3ccc(NC4CCC(=O)NC4=O)cc3F)CC2)CC1.Cn1cc(-c2ccc(CN3CCC(C4CCN(c5ccc(NC6CCC(=O)NC6=O)cc5F)CC4)CC3)c(OC(F)(F)F)c2)c2cc(F)ccc2c1=O. The van der Waals surface area contributed by atoms with E-state index in [-0.39, 0.29) is 71.0 Å². The van der Waals surface area contributed by atoms with Crippen molar-refractivity contribution in [1.82, 2.24) is 29.6 Å². The standard InChI is InChI=1S/C39H42ClF2N5O4.C39H40F5N5O4/c1-45-21-30(29-19-26(41)3-5-28(29)39(45)50)25-17-32(40)31(36(18-25)51-2)22-46-13-9-23(10-14-46)24-11-15-47(16-12-24)35-7-4-27(20-33(35)42)43-34-6-8-37(48)44-38(34)49;1-47-22-31(30-19-27(40)4-6-29(30)38(47)52)25-2-3-26(35(18-25)53-39(42,43)44)21-48-14-10-23(11-15-48)24-12-16-49(17-13-24)34-8-5-28(20-32(34)41)45-33-7-9-36(50)46-37(33)51/h3-5,7,17-21,23-24,34,43H,6,8-16,22H2,1-2H3,(H,44,48,49);2-6,8,18-20,22-24,33,45H,7,9-17,21H2,1H3,(H,46,50,51). The van der Waals surface area contributed by atoms with Gasteiger partial charge >= 0.3 is 6.36 Å². The number of fused-ring (bicyclic) bond motifs is 2. The van der Waals surface area contributed by atoms with Crippen molar-refractivity contribution >= 4 is 79.5 Å². The Kier molecular flexibility index (Phi) is 21.8. The van der Waals surface area contributed by atoms with Gasteiger partial charge in [0.05, 0.1) is 18.5 Å². The number of alkyl halides is 3. The van der Waals surface area contributed by atoms with Gasteiger partial charge in [0.2, 0.25) is 23.6 Å². The molecule has 0 radical (unpaired) electrons. The number of piperidine rings is 6. The molecule has 4 amide bonds. The molecule has 6 aliphatic heterocycles. The van der Waals surface area contributed by atoms with Gasteiger partial charge in [0.25, 0.3) is 11.1 Å². The smallest absolute Gasteiger partial charge is 0.496 e. The lowest BCUT2D eigenvalue weighted by atomic mass is 9.78. The summed E-state index contributed by atoms with van der Waals surface area (Å²) in [6.07, 6.45) is 7.24. The molecule has 14 rings (SSSR count). The van der Waals surface area contributed by atoms with Crippen molar-refractivity contribution in [2.45, 2.75) is 109 Å². The van der Waals surface area contributed by atoms with Crippen molar-refractivity contribution in [2.24, 2.45) is 37.8 Å². The Morgan fingerprint density at radius 2 is 0.923 bits per heavy atom. The molecular weight excluding hydrogens is 1370 g/mol. The number of nitrogens with zero attached hydrogens (tertiary/aromatic N) is 6. The zero-order valence-corrected chi connectivity index (χ0v) is 58.7. The van der Waals surface area contributed by atoms with E-state index >= 15 is 8.78 Å². The molecule has 18 nitrogen and oxygen atoms in total. The highest BCUT2D eigenvalue weighted by Crippen LogP contribution is 2.42. The molecule has 8 heterocycles. The minimum absolute atomic E-state index is 0.195. The molecule has 104 heavy (non-hydrogen) atoms. The number of hydrogen-bond donors (Lipinski definition) is 4. The van der Waals surface area contributed by atoms with E-state index in [1.54, 1.807) is 56.8 Å². The average Bonchev–Trinajstić information content (AvgIpc) is 0.770. The van der Waals surface area contributed by atoms with Gasteiger partial charge in [-0.25, -0.2) is 17.6 Å². The number of anilines is 4. The minimum atomic E-state index is -4.93.